The van der Waals surface area contributed by atoms with Gasteiger partial charge in [0.25, 0.3) is 0 Å². The number of Topliss-reactive ketones (excluding diaryl/α,β-unsaturated/α-hetero) is 1. The number of hydrogen-bond acceptors (Lipinski definition) is 10. The summed E-state index contributed by atoms with van der Waals surface area (Å²) in [5.74, 6) is -3.36. The van der Waals surface area contributed by atoms with Crippen LogP contribution in [0.4, 0.5) is 21.8 Å². The molecule has 2 aliphatic rings. The molecule has 1 aliphatic heterocycles. The van der Waals surface area contributed by atoms with E-state index in [1.807, 2.05) is 0 Å². The third-order valence-electron chi connectivity index (χ3n) is 5.30. The van der Waals surface area contributed by atoms with Crippen LogP contribution < -0.4 is 26.4 Å². The molecule has 7 N–H and O–H groups in total. The number of aromatic nitrogens is 2. The van der Waals surface area contributed by atoms with E-state index in [0.29, 0.717) is 36.6 Å². The first-order valence-corrected chi connectivity index (χ1v) is 11.7. The largest absolute Gasteiger partial charge is 0.493 e. The molecule has 13 nitrogen and oxygen atoms in total. The Morgan fingerprint density at radius 3 is 2.58 bits per heavy atom. The highest BCUT2D eigenvalue weighted by atomic mass is 19.1. The average molecular weight is 553 g/mol. The van der Waals surface area contributed by atoms with Crippen LogP contribution in [0.15, 0.2) is 72.1 Å². The van der Waals surface area contributed by atoms with E-state index >= 15 is 0 Å². The number of ketones is 1. The van der Waals surface area contributed by atoms with Crippen LogP contribution >= 0.6 is 0 Å². The standard InChI is InChI=1S/C22H21FN6O3.C4H4O4/c1-25-19(30)9-12-3-2-4-17(20(12)31)28-22-26-11-15(23)21(29-22)27-13-5-6-18-14(10-13)16(24)7-8-32-18;5-3(6)1-2-4(7)8/h2-6,9-11,16H,7-8,24H2,1H3,(H,25,30)(H2,26,27,28,29);1-2H,(H,5,6)(H,7,8)/b;2-1-. The van der Waals surface area contributed by atoms with E-state index in [2.05, 4.69) is 25.9 Å². The first-order chi connectivity index (χ1) is 19.1. The number of carbonyl (C=O) groups excluding carboxylic acids is 2. The zero-order valence-corrected chi connectivity index (χ0v) is 21.1. The number of carbonyl (C=O) groups is 4. The molecule has 2 heterocycles. The van der Waals surface area contributed by atoms with Crippen molar-refractivity contribution in [2.24, 2.45) is 5.73 Å². The van der Waals surface area contributed by atoms with Crippen LogP contribution in [0, 0.1) is 5.82 Å². The lowest BCUT2D eigenvalue weighted by Gasteiger charge is -2.23. The van der Waals surface area contributed by atoms with Crippen LogP contribution in [0.3, 0.4) is 0 Å². The number of nitrogens with two attached hydrogens (primary N) is 1. The number of halogens is 1. The van der Waals surface area contributed by atoms with Crippen LogP contribution in [0.25, 0.3) is 0 Å². The number of aliphatic carboxylic acids is 2. The van der Waals surface area contributed by atoms with Crippen molar-refractivity contribution in [2.45, 2.75) is 12.5 Å². The van der Waals surface area contributed by atoms with E-state index in [0.717, 1.165) is 11.8 Å². The lowest BCUT2D eigenvalue weighted by molar-refractivity contribution is -0.134. The molecule has 40 heavy (non-hydrogen) atoms. The first-order valence-electron chi connectivity index (χ1n) is 11.7. The third-order valence-corrected chi connectivity index (χ3v) is 5.30. The first kappa shape index (κ1) is 29.2. The number of benzene rings is 1. The van der Waals surface area contributed by atoms with Crippen LogP contribution in [-0.2, 0) is 19.2 Å². The molecule has 1 atom stereocenters. The lowest BCUT2D eigenvalue weighted by Crippen LogP contribution is -2.21. The highest BCUT2D eigenvalue weighted by Gasteiger charge is 2.20. The Bertz CT molecular complexity index is 1440. The molecule has 208 valence electrons. The fourth-order valence-electron chi connectivity index (χ4n) is 3.39. The number of nitrogens with one attached hydrogen (secondary N) is 3. The van der Waals surface area contributed by atoms with Gasteiger partial charge in [-0.2, -0.15) is 4.98 Å². The average Bonchev–Trinajstić information content (AvgIpc) is 2.92. The quantitative estimate of drug-likeness (QED) is 0.273. The van der Waals surface area contributed by atoms with Gasteiger partial charge in [-0.05, 0) is 24.3 Å². The molecule has 14 heteroatoms. The van der Waals surface area contributed by atoms with Crippen LogP contribution in [0.1, 0.15) is 18.0 Å². The van der Waals surface area contributed by atoms with Gasteiger partial charge < -0.3 is 36.6 Å². The number of hydrogen-bond donors (Lipinski definition) is 6. The Kier molecular flexibility index (Phi) is 9.80. The fourth-order valence-corrected chi connectivity index (χ4v) is 3.39. The van der Waals surface area contributed by atoms with Crippen molar-refractivity contribution in [3.63, 3.8) is 0 Å². The van der Waals surface area contributed by atoms with Crippen LogP contribution in [0.2, 0.25) is 0 Å². The molecule has 0 saturated carbocycles. The molecular formula is C26H25FN6O7. The summed E-state index contributed by atoms with van der Waals surface area (Å²) in [4.78, 5) is 51.3. The summed E-state index contributed by atoms with van der Waals surface area (Å²) in [5.41, 5.74) is 7.90. The minimum absolute atomic E-state index is 0.0149. The number of anilines is 3. The number of likely N-dealkylation sites (N-methyl/N-ethyl adjacent to an activating group) is 1. The Hall–Kier alpha value is -5.37. The van der Waals surface area contributed by atoms with Gasteiger partial charge in [0.15, 0.2) is 11.6 Å². The Balaban J connectivity index is 0.000000482. The summed E-state index contributed by atoms with van der Waals surface area (Å²) in [6.45, 7) is 0.556. The summed E-state index contributed by atoms with van der Waals surface area (Å²) in [6, 6.07) is 5.14. The lowest BCUT2D eigenvalue weighted by atomic mass is 10.0. The van der Waals surface area contributed by atoms with Gasteiger partial charge in [-0.15, -0.1) is 0 Å². The van der Waals surface area contributed by atoms with Crippen molar-refractivity contribution in [1.29, 1.82) is 0 Å². The predicted molar refractivity (Wildman–Crippen MR) is 141 cm³/mol. The van der Waals surface area contributed by atoms with Gasteiger partial charge in [0.05, 0.1) is 18.5 Å². The van der Waals surface area contributed by atoms with E-state index in [9.17, 15) is 23.6 Å². The SMILES string of the molecule is CNC(=O)C=C1C=CC=C(Nc2ncc(F)c(Nc3ccc4c(c3)C(N)CCO4)n2)C1=O.O=C(O)/C=C\C(=O)O. The summed E-state index contributed by atoms with van der Waals surface area (Å²) in [7, 11) is 1.47. The molecule has 1 aromatic heterocycles. The maximum absolute atomic E-state index is 14.4. The van der Waals surface area contributed by atoms with Gasteiger partial charge in [-0.25, -0.2) is 19.0 Å². The third kappa shape index (κ3) is 8.06. The maximum Gasteiger partial charge on any atom is 0.328 e. The molecule has 0 spiro atoms. The van der Waals surface area contributed by atoms with Gasteiger partial charge >= 0.3 is 11.9 Å². The van der Waals surface area contributed by atoms with Gasteiger partial charge in [0, 0.05) is 54.6 Å². The van der Waals surface area contributed by atoms with Gasteiger partial charge in [-0.3, -0.25) is 9.59 Å². The topological polar surface area (TPSA) is 206 Å². The minimum Gasteiger partial charge on any atom is -0.493 e. The van der Waals surface area contributed by atoms with Gasteiger partial charge in [0.1, 0.15) is 5.75 Å². The molecule has 0 fully saturated rings. The molecule has 0 radical (unpaired) electrons. The van der Waals surface area contributed by atoms with E-state index < -0.39 is 29.4 Å². The minimum atomic E-state index is -1.26. The number of carboxylic acids is 2. The summed E-state index contributed by atoms with van der Waals surface area (Å²) in [6.07, 6.45) is 8.65. The number of allylic oxidation sites excluding steroid dienone is 4. The number of nitrogens with zero attached hydrogens (tertiary/aromatic N) is 2. The van der Waals surface area contributed by atoms with Crippen molar-refractivity contribution >= 4 is 41.1 Å². The van der Waals surface area contributed by atoms with Gasteiger partial charge in [0.2, 0.25) is 17.6 Å². The van der Waals surface area contributed by atoms with Crippen molar-refractivity contribution in [3.8, 4) is 5.75 Å². The molecule has 4 rings (SSSR count). The molecule has 0 saturated heterocycles. The second-order valence-electron chi connectivity index (χ2n) is 8.13. The van der Waals surface area contributed by atoms with Crippen molar-refractivity contribution in [1.82, 2.24) is 15.3 Å². The molecular weight excluding hydrogens is 527 g/mol. The Morgan fingerprint density at radius 2 is 1.90 bits per heavy atom. The molecule has 1 aromatic carbocycles. The summed E-state index contributed by atoms with van der Waals surface area (Å²) in [5, 5.41) is 23.7. The van der Waals surface area contributed by atoms with Crippen molar-refractivity contribution in [3.05, 3.63) is 83.5 Å². The zero-order valence-electron chi connectivity index (χ0n) is 21.1. The van der Waals surface area contributed by atoms with Crippen LogP contribution in [-0.4, -0.2) is 57.5 Å². The number of rotatable bonds is 7. The molecule has 2 aromatic rings. The van der Waals surface area contributed by atoms with Crippen LogP contribution in [0.5, 0.6) is 5.75 Å². The van der Waals surface area contributed by atoms with Crippen molar-refractivity contribution in [2.75, 3.05) is 24.3 Å². The van der Waals surface area contributed by atoms with Crippen molar-refractivity contribution < 1.29 is 38.5 Å². The normalized spacial score (nSPS) is 16.7. The highest BCUT2D eigenvalue weighted by Crippen LogP contribution is 2.33. The highest BCUT2D eigenvalue weighted by molar-refractivity contribution is 6.15. The smallest absolute Gasteiger partial charge is 0.328 e. The number of carboxylic acid groups (broad SMARTS) is 2. The van der Waals surface area contributed by atoms with E-state index in [1.54, 1.807) is 24.3 Å². The van der Waals surface area contributed by atoms with Gasteiger partial charge in [-0.1, -0.05) is 12.2 Å². The fraction of sp³-hybridized carbons (Fsp3) is 0.154. The van der Waals surface area contributed by atoms with E-state index in [1.165, 1.54) is 25.3 Å². The second-order valence-corrected chi connectivity index (χ2v) is 8.13. The second kappa shape index (κ2) is 13.4. The monoisotopic (exact) mass is 552 g/mol. The molecule has 1 aliphatic carbocycles. The predicted octanol–water partition coefficient (Wildman–Crippen LogP) is 1.96. The number of fused-ring (bicyclic) bond motifs is 1. The Labute approximate surface area is 227 Å². The zero-order chi connectivity index (χ0) is 29.2. The number of amides is 1. The molecule has 1 amide bonds. The Morgan fingerprint density at radius 1 is 1.18 bits per heavy atom. The summed E-state index contributed by atoms with van der Waals surface area (Å²) >= 11 is 0. The summed E-state index contributed by atoms with van der Waals surface area (Å²) < 4.78 is 19.9. The van der Waals surface area contributed by atoms with E-state index in [-0.39, 0.29) is 29.1 Å². The maximum atomic E-state index is 14.4. The van der Waals surface area contributed by atoms with E-state index in [4.69, 9.17) is 20.7 Å². The molecule has 0 bridgehead atoms. The number of ether oxygens (including phenoxy) is 1. The molecule has 1 unspecified atom stereocenters.